The third kappa shape index (κ3) is 5.22. The summed E-state index contributed by atoms with van der Waals surface area (Å²) < 4.78 is 25.0. The molecule has 4 rings (SSSR count). The predicted molar refractivity (Wildman–Crippen MR) is 116 cm³/mol. The van der Waals surface area contributed by atoms with E-state index < -0.39 is 12.4 Å². The summed E-state index contributed by atoms with van der Waals surface area (Å²) in [4.78, 5) is 12.0. The van der Waals surface area contributed by atoms with Gasteiger partial charge in [0.05, 0.1) is 25.4 Å². The fraction of sp³-hybridized carbons (Fsp3) is 0.400. The SMILES string of the molecule is C=CC[C@H]1OC2COC(c3ccccc3)O[C@H]2C(OCc2ccccc2)C1NC(C)=O. The van der Waals surface area contributed by atoms with Gasteiger partial charge in [0.25, 0.3) is 0 Å². The lowest BCUT2D eigenvalue weighted by atomic mass is 9.90. The molecule has 31 heavy (non-hydrogen) atoms. The van der Waals surface area contributed by atoms with Gasteiger partial charge < -0.3 is 24.3 Å². The molecule has 0 aliphatic carbocycles. The Labute approximate surface area is 183 Å². The Balaban J connectivity index is 1.59. The lowest BCUT2D eigenvalue weighted by molar-refractivity contribution is -0.320. The van der Waals surface area contributed by atoms with Crippen LogP contribution in [-0.2, 0) is 30.3 Å². The van der Waals surface area contributed by atoms with E-state index in [9.17, 15) is 4.79 Å². The highest BCUT2D eigenvalue weighted by Gasteiger charge is 2.50. The van der Waals surface area contributed by atoms with Crippen LogP contribution < -0.4 is 5.32 Å². The van der Waals surface area contributed by atoms with Crippen LogP contribution >= 0.6 is 0 Å². The van der Waals surface area contributed by atoms with Crippen LogP contribution in [0.4, 0.5) is 0 Å². The summed E-state index contributed by atoms with van der Waals surface area (Å²) in [6.07, 6.45) is 0.512. The van der Waals surface area contributed by atoms with Gasteiger partial charge in [-0.15, -0.1) is 6.58 Å². The van der Waals surface area contributed by atoms with Crippen molar-refractivity contribution in [3.05, 3.63) is 84.4 Å². The Morgan fingerprint density at radius 2 is 1.84 bits per heavy atom. The second kappa shape index (κ2) is 10.2. The number of carbonyl (C=O) groups excluding carboxylic acids is 1. The van der Waals surface area contributed by atoms with E-state index in [1.807, 2.05) is 60.7 Å². The molecule has 0 aromatic heterocycles. The Morgan fingerprint density at radius 1 is 1.13 bits per heavy atom. The first-order valence-corrected chi connectivity index (χ1v) is 10.7. The largest absolute Gasteiger partial charge is 0.368 e. The number of rotatable bonds is 7. The number of nitrogens with one attached hydrogen (secondary N) is 1. The average molecular weight is 424 g/mol. The van der Waals surface area contributed by atoms with E-state index in [4.69, 9.17) is 18.9 Å². The Hall–Kier alpha value is -2.51. The van der Waals surface area contributed by atoms with Crippen molar-refractivity contribution in [3.8, 4) is 0 Å². The van der Waals surface area contributed by atoms with E-state index >= 15 is 0 Å². The molecular weight excluding hydrogens is 394 g/mol. The molecule has 2 aliphatic rings. The number of fused-ring (bicyclic) bond motifs is 1. The van der Waals surface area contributed by atoms with Gasteiger partial charge in [-0.25, -0.2) is 0 Å². The van der Waals surface area contributed by atoms with E-state index in [0.29, 0.717) is 19.6 Å². The van der Waals surface area contributed by atoms with Crippen molar-refractivity contribution in [2.45, 2.75) is 56.7 Å². The maximum Gasteiger partial charge on any atom is 0.217 e. The molecule has 2 aromatic rings. The van der Waals surface area contributed by atoms with Crippen LogP contribution in [0.3, 0.4) is 0 Å². The number of ether oxygens (including phenoxy) is 4. The first kappa shape index (κ1) is 21.7. The van der Waals surface area contributed by atoms with Crippen molar-refractivity contribution < 1.29 is 23.7 Å². The standard InChI is InChI=1S/C25H29NO5/c1-3-10-20-22(26-17(2)27)24(28-15-18-11-6-4-7-12-18)23-21(30-20)16-29-25(31-23)19-13-8-5-9-14-19/h3-9,11-14,20-25H,1,10,15-16H2,2H3,(H,26,27)/t20-,21?,22?,23-,24?,25?/m1/s1. The highest BCUT2D eigenvalue weighted by molar-refractivity contribution is 5.73. The van der Waals surface area contributed by atoms with Gasteiger partial charge in [-0.2, -0.15) is 0 Å². The van der Waals surface area contributed by atoms with Crippen LogP contribution in [0, 0.1) is 0 Å². The smallest absolute Gasteiger partial charge is 0.217 e. The summed E-state index contributed by atoms with van der Waals surface area (Å²) >= 11 is 0. The minimum Gasteiger partial charge on any atom is -0.368 e. The minimum absolute atomic E-state index is 0.138. The molecule has 4 unspecified atom stereocenters. The Kier molecular flexibility index (Phi) is 7.14. The summed E-state index contributed by atoms with van der Waals surface area (Å²) in [7, 11) is 0. The molecule has 2 aromatic carbocycles. The van der Waals surface area contributed by atoms with Gasteiger partial charge in [0.1, 0.15) is 18.3 Å². The molecule has 6 nitrogen and oxygen atoms in total. The maximum atomic E-state index is 12.0. The first-order chi connectivity index (χ1) is 15.2. The van der Waals surface area contributed by atoms with Gasteiger partial charge in [0.15, 0.2) is 6.29 Å². The molecule has 0 radical (unpaired) electrons. The molecule has 2 fully saturated rings. The zero-order valence-corrected chi connectivity index (χ0v) is 17.7. The summed E-state index contributed by atoms with van der Waals surface area (Å²) in [6, 6.07) is 19.4. The molecule has 6 atom stereocenters. The van der Waals surface area contributed by atoms with Crippen molar-refractivity contribution in [3.63, 3.8) is 0 Å². The van der Waals surface area contributed by atoms with Crippen LogP contribution in [0.15, 0.2) is 73.3 Å². The third-order valence-corrected chi connectivity index (χ3v) is 5.61. The van der Waals surface area contributed by atoms with E-state index in [2.05, 4.69) is 11.9 Å². The number of carbonyl (C=O) groups is 1. The number of hydrogen-bond donors (Lipinski definition) is 1. The van der Waals surface area contributed by atoms with Crippen LogP contribution in [0.25, 0.3) is 0 Å². The lowest BCUT2D eigenvalue weighted by Gasteiger charge is -2.49. The third-order valence-electron chi connectivity index (χ3n) is 5.61. The number of amides is 1. The van der Waals surface area contributed by atoms with E-state index in [1.54, 1.807) is 6.08 Å². The fourth-order valence-electron chi connectivity index (χ4n) is 4.20. The van der Waals surface area contributed by atoms with Crippen molar-refractivity contribution in [1.29, 1.82) is 0 Å². The molecule has 2 heterocycles. The van der Waals surface area contributed by atoms with E-state index in [1.165, 1.54) is 6.92 Å². The Morgan fingerprint density at radius 3 is 2.52 bits per heavy atom. The number of hydrogen-bond acceptors (Lipinski definition) is 5. The van der Waals surface area contributed by atoms with E-state index in [0.717, 1.165) is 11.1 Å². The summed E-state index contributed by atoms with van der Waals surface area (Å²) in [5.74, 6) is -0.138. The quantitative estimate of drug-likeness (QED) is 0.690. The highest BCUT2D eigenvalue weighted by Crippen LogP contribution is 2.36. The second-order valence-corrected chi connectivity index (χ2v) is 7.90. The molecule has 6 heteroatoms. The van der Waals surface area contributed by atoms with Crippen LogP contribution in [0.1, 0.15) is 30.8 Å². The molecule has 2 aliphatic heterocycles. The van der Waals surface area contributed by atoms with Gasteiger partial charge in [-0.3, -0.25) is 4.79 Å². The van der Waals surface area contributed by atoms with Crippen LogP contribution in [-0.4, -0.2) is 43.0 Å². The lowest BCUT2D eigenvalue weighted by Crippen LogP contribution is -2.66. The van der Waals surface area contributed by atoms with Gasteiger partial charge >= 0.3 is 0 Å². The van der Waals surface area contributed by atoms with Crippen molar-refractivity contribution in [2.24, 2.45) is 0 Å². The van der Waals surface area contributed by atoms with Crippen LogP contribution in [0.5, 0.6) is 0 Å². The topological polar surface area (TPSA) is 66.0 Å². The van der Waals surface area contributed by atoms with Gasteiger partial charge in [-0.1, -0.05) is 66.7 Å². The van der Waals surface area contributed by atoms with Crippen molar-refractivity contribution >= 4 is 5.91 Å². The normalized spacial score (nSPS) is 30.2. The molecule has 1 N–H and O–H groups in total. The molecule has 0 spiro atoms. The highest BCUT2D eigenvalue weighted by atomic mass is 16.7. The Bertz CT molecular complexity index is 859. The zero-order chi connectivity index (χ0) is 21.6. The molecular formula is C25H29NO5. The van der Waals surface area contributed by atoms with Gasteiger partial charge in [0, 0.05) is 12.5 Å². The zero-order valence-electron chi connectivity index (χ0n) is 17.7. The predicted octanol–water partition coefficient (Wildman–Crippen LogP) is 3.53. The molecule has 2 saturated heterocycles. The fourth-order valence-corrected chi connectivity index (χ4v) is 4.20. The summed E-state index contributed by atoms with van der Waals surface area (Å²) in [5.41, 5.74) is 1.99. The number of benzene rings is 2. The average Bonchev–Trinajstić information content (AvgIpc) is 2.79. The summed E-state index contributed by atoms with van der Waals surface area (Å²) in [5, 5.41) is 3.03. The van der Waals surface area contributed by atoms with Crippen LogP contribution in [0.2, 0.25) is 0 Å². The summed E-state index contributed by atoms with van der Waals surface area (Å²) in [6.45, 7) is 6.14. The van der Waals surface area contributed by atoms with E-state index in [-0.39, 0.29) is 30.3 Å². The van der Waals surface area contributed by atoms with Gasteiger partial charge in [0.2, 0.25) is 5.91 Å². The van der Waals surface area contributed by atoms with Crippen molar-refractivity contribution in [2.75, 3.05) is 6.61 Å². The second-order valence-electron chi connectivity index (χ2n) is 7.90. The molecule has 164 valence electrons. The first-order valence-electron chi connectivity index (χ1n) is 10.7. The molecule has 0 saturated carbocycles. The van der Waals surface area contributed by atoms with Gasteiger partial charge in [-0.05, 0) is 12.0 Å². The molecule has 1 amide bonds. The molecule has 0 bridgehead atoms. The van der Waals surface area contributed by atoms with Crippen molar-refractivity contribution in [1.82, 2.24) is 5.32 Å². The maximum absolute atomic E-state index is 12.0. The minimum atomic E-state index is -0.511. The monoisotopic (exact) mass is 423 g/mol.